The normalized spacial score (nSPS) is 10.2. The molecule has 3 N–H and O–H groups in total. The standard InChI is InChI=1S/C14H12ClN3O3/c1-18(14(16)21)13(20)12-11(19)6-9(7-17-12)8-3-2-4-10(15)5-8/h2-7,19H,1H3,(H2,16,21). The van der Waals surface area contributed by atoms with Crippen molar-refractivity contribution in [3.05, 3.63) is 47.2 Å². The number of halogens is 1. The highest BCUT2D eigenvalue weighted by atomic mass is 35.5. The fourth-order valence-corrected chi connectivity index (χ4v) is 1.89. The van der Waals surface area contributed by atoms with Crippen LogP contribution in [0.25, 0.3) is 11.1 Å². The van der Waals surface area contributed by atoms with Gasteiger partial charge in [0.2, 0.25) is 0 Å². The topological polar surface area (TPSA) is 96.5 Å². The molecule has 0 radical (unpaired) electrons. The van der Waals surface area contributed by atoms with Gasteiger partial charge >= 0.3 is 6.03 Å². The maximum atomic E-state index is 11.9. The Bertz CT molecular complexity index is 718. The number of carbonyl (C=O) groups is 2. The van der Waals surface area contributed by atoms with Gasteiger partial charge in [0.15, 0.2) is 5.69 Å². The Labute approximate surface area is 125 Å². The van der Waals surface area contributed by atoms with Gasteiger partial charge in [-0.2, -0.15) is 0 Å². The maximum absolute atomic E-state index is 11.9. The molecule has 3 amide bonds. The van der Waals surface area contributed by atoms with Gasteiger partial charge in [0.1, 0.15) is 5.75 Å². The lowest BCUT2D eigenvalue weighted by Crippen LogP contribution is -2.37. The summed E-state index contributed by atoms with van der Waals surface area (Å²) >= 11 is 5.90. The van der Waals surface area contributed by atoms with Gasteiger partial charge in [-0.05, 0) is 23.8 Å². The summed E-state index contributed by atoms with van der Waals surface area (Å²) in [7, 11) is 1.21. The Hall–Kier alpha value is -2.60. The molecule has 6 nitrogen and oxygen atoms in total. The summed E-state index contributed by atoms with van der Waals surface area (Å²) in [5, 5.41) is 10.5. The van der Waals surface area contributed by atoms with Crippen LogP contribution in [0.3, 0.4) is 0 Å². The van der Waals surface area contributed by atoms with Crippen LogP contribution in [0, 0.1) is 0 Å². The molecule has 21 heavy (non-hydrogen) atoms. The van der Waals surface area contributed by atoms with Crippen molar-refractivity contribution in [3.8, 4) is 16.9 Å². The monoisotopic (exact) mass is 305 g/mol. The zero-order valence-corrected chi connectivity index (χ0v) is 11.8. The lowest BCUT2D eigenvalue weighted by Gasteiger charge is -2.13. The summed E-state index contributed by atoms with van der Waals surface area (Å²) < 4.78 is 0. The molecule has 2 rings (SSSR count). The fourth-order valence-electron chi connectivity index (χ4n) is 1.70. The van der Waals surface area contributed by atoms with E-state index in [9.17, 15) is 14.7 Å². The Morgan fingerprint density at radius 2 is 2.00 bits per heavy atom. The number of rotatable bonds is 2. The number of carbonyl (C=O) groups excluding carboxylic acids is 2. The quantitative estimate of drug-likeness (QED) is 0.889. The predicted octanol–water partition coefficient (Wildman–Crippen LogP) is 2.26. The minimum atomic E-state index is -0.930. The number of hydrogen-bond donors (Lipinski definition) is 2. The lowest BCUT2D eigenvalue weighted by atomic mass is 10.1. The van der Waals surface area contributed by atoms with E-state index in [-0.39, 0.29) is 11.4 Å². The van der Waals surface area contributed by atoms with E-state index < -0.39 is 11.9 Å². The summed E-state index contributed by atoms with van der Waals surface area (Å²) in [4.78, 5) is 27.4. The van der Waals surface area contributed by atoms with E-state index in [1.165, 1.54) is 19.3 Å². The van der Waals surface area contributed by atoms with Crippen LogP contribution in [0.1, 0.15) is 10.5 Å². The zero-order chi connectivity index (χ0) is 15.6. The molecule has 7 heteroatoms. The van der Waals surface area contributed by atoms with E-state index in [1.54, 1.807) is 24.3 Å². The molecule has 0 atom stereocenters. The number of nitrogens with zero attached hydrogens (tertiary/aromatic N) is 2. The van der Waals surface area contributed by atoms with Gasteiger partial charge in [0.05, 0.1) is 0 Å². The SMILES string of the molecule is CN(C(N)=O)C(=O)c1ncc(-c2cccc(Cl)c2)cc1O. The number of primary amides is 1. The van der Waals surface area contributed by atoms with Gasteiger partial charge in [0, 0.05) is 23.8 Å². The van der Waals surface area contributed by atoms with Crippen LogP contribution < -0.4 is 5.73 Å². The number of aromatic hydroxyl groups is 1. The second-order valence-corrected chi connectivity index (χ2v) is 4.74. The first kappa shape index (κ1) is 14.8. The van der Waals surface area contributed by atoms with Crippen LogP contribution in [-0.4, -0.2) is 34.0 Å². The number of benzene rings is 1. The molecule has 0 fully saturated rings. The maximum Gasteiger partial charge on any atom is 0.321 e. The van der Waals surface area contributed by atoms with E-state index >= 15 is 0 Å². The lowest BCUT2D eigenvalue weighted by molar-refractivity contribution is 0.0829. The molecular formula is C14H12ClN3O3. The third kappa shape index (κ3) is 3.11. The fraction of sp³-hybridized carbons (Fsp3) is 0.0714. The second-order valence-electron chi connectivity index (χ2n) is 4.30. The highest BCUT2D eigenvalue weighted by Crippen LogP contribution is 2.27. The van der Waals surface area contributed by atoms with Crippen LogP contribution >= 0.6 is 11.6 Å². The van der Waals surface area contributed by atoms with Crippen molar-refractivity contribution in [2.24, 2.45) is 5.73 Å². The van der Waals surface area contributed by atoms with Crippen molar-refractivity contribution in [2.45, 2.75) is 0 Å². The van der Waals surface area contributed by atoms with E-state index in [0.717, 1.165) is 5.56 Å². The molecule has 0 spiro atoms. The molecule has 1 heterocycles. The van der Waals surface area contributed by atoms with E-state index in [4.69, 9.17) is 17.3 Å². The summed E-state index contributed by atoms with van der Waals surface area (Å²) in [5.41, 5.74) is 6.09. The number of aromatic nitrogens is 1. The van der Waals surface area contributed by atoms with Crippen LogP contribution in [0.15, 0.2) is 36.5 Å². The Morgan fingerprint density at radius 1 is 1.29 bits per heavy atom. The van der Waals surface area contributed by atoms with E-state index in [0.29, 0.717) is 15.5 Å². The van der Waals surface area contributed by atoms with Crippen LogP contribution in [0.5, 0.6) is 5.75 Å². The molecule has 0 unspecified atom stereocenters. The molecule has 1 aromatic heterocycles. The summed E-state index contributed by atoms with van der Waals surface area (Å²) in [5.74, 6) is -1.12. The van der Waals surface area contributed by atoms with Crippen molar-refractivity contribution in [3.63, 3.8) is 0 Å². The summed E-state index contributed by atoms with van der Waals surface area (Å²) in [6.45, 7) is 0. The second kappa shape index (κ2) is 5.80. The molecule has 0 aliphatic rings. The van der Waals surface area contributed by atoms with Crippen molar-refractivity contribution in [1.29, 1.82) is 0 Å². The zero-order valence-electron chi connectivity index (χ0n) is 11.1. The Kier molecular flexibility index (Phi) is 4.09. The average molecular weight is 306 g/mol. The first-order valence-electron chi connectivity index (χ1n) is 5.92. The van der Waals surface area contributed by atoms with Gasteiger partial charge in [-0.25, -0.2) is 9.78 Å². The van der Waals surface area contributed by atoms with Gasteiger partial charge in [-0.3, -0.25) is 9.69 Å². The molecule has 0 saturated carbocycles. The van der Waals surface area contributed by atoms with E-state index in [1.807, 2.05) is 0 Å². The highest BCUT2D eigenvalue weighted by Gasteiger charge is 2.21. The third-order valence-corrected chi connectivity index (χ3v) is 3.10. The molecule has 0 saturated heterocycles. The number of nitrogens with two attached hydrogens (primary N) is 1. The van der Waals surface area contributed by atoms with Crippen molar-refractivity contribution < 1.29 is 14.7 Å². The van der Waals surface area contributed by atoms with Gasteiger partial charge in [-0.15, -0.1) is 0 Å². The molecule has 1 aromatic carbocycles. The minimum absolute atomic E-state index is 0.248. The third-order valence-electron chi connectivity index (χ3n) is 2.86. The summed E-state index contributed by atoms with van der Waals surface area (Å²) in [6, 6.07) is 7.42. The molecule has 0 aliphatic carbocycles. The van der Waals surface area contributed by atoms with Gasteiger partial charge in [-0.1, -0.05) is 23.7 Å². The molecule has 0 bridgehead atoms. The van der Waals surface area contributed by atoms with Crippen molar-refractivity contribution >= 4 is 23.5 Å². The van der Waals surface area contributed by atoms with Crippen LogP contribution in [0.4, 0.5) is 4.79 Å². The predicted molar refractivity (Wildman–Crippen MR) is 78.0 cm³/mol. The molecule has 2 aromatic rings. The number of hydrogen-bond acceptors (Lipinski definition) is 4. The molecular weight excluding hydrogens is 294 g/mol. The van der Waals surface area contributed by atoms with Gasteiger partial charge in [0.25, 0.3) is 5.91 Å². The van der Waals surface area contributed by atoms with Crippen molar-refractivity contribution in [2.75, 3.05) is 7.05 Å². The first-order chi connectivity index (χ1) is 9.90. The van der Waals surface area contributed by atoms with Crippen LogP contribution in [-0.2, 0) is 0 Å². The smallest absolute Gasteiger partial charge is 0.321 e. The molecule has 0 aliphatic heterocycles. The number of imide groups is 1. The van der Waals surface area contributed by atoms with Crippen molar-refractivity contribution in [1.82, 2.24) is 9.88 Å². The Morgan fingerprint density at radius 3 is 2.57 bits per heavy atom. The largest absolute Gasteiger partial charge is 0.505 e. The Balaban J connectivity index is 2.38. The number of urea groups is 1. The number of amides is 3. The van der Waals surface area contributed by atoms with Gasteiger partial charge < -0.3 is 10.8 Å². The minimum Gasteiger partial charge on any atom is -0.505 e. The highest BCUT2D eigenvalue weighted by molar-refractivity contribution is 6.30. The first-order valence-corrected chi connectivity index (χ1v) is 6.30. The summed E-state index contributed by atoms with van der Waals surface area (Å²) in [6.07, 6.45) is 1.41. The number of pyridine rings is 1. The molecule has 108 valence electrons. The van der Waals surface area contributed by atoms with Crippen LogP contribution in [0.2, 0.25) is 5.02 Å². The average Bonchev–Trinajstić information content (AvgIpc) is 2.45. The van der Waals surface area contributed by atoms with E-state index in [2.05, 4.69) is 4.98 Å².